The molecule has 0 unspecified atom stereocenters. The molecule has 0 N–H and O–H groups in total. The van der Waals surface area contributed by atoms with Crippen LogP contribution in [0.15, 0.2) is 35.3 Å². The highest BCUT2D eigenvalue weighted by molar-refractivity contribution is 6.04. The second-order valence-electron chi connectivity index (χ2n) is 4.58. The maximum Gasteiger partial charge on any atom is 0.0476 e. The van der Waals surface area contributed by atoms with Crippen molar-refractivity contribution in [1.82, 2.24) is 0 Å². The highest BCUT2D eigenvalue weighted by Gasteiger charge is 2.27. The van der Waals surface area contributed by atoms with E-state index in [-0.39, 0.29) is 5.41 Å². The van der Waals surface area contributed by atoms with Crippen LogP contribution in [0.2, 0.25) is 0 Å². The van der Waals surface area contributed by atoms with Gasteiger partial charge in [0.15, 0.2) is 0 Å². The van der Waals surface area contributed by atoms with Crippen molar-refractivity contribution in [3.8, 4) is 0 Å². The standard InChI is InChI=1S/C13H17N/c1-13(2)9-6-10-14-12(13)11-7-4-3-5-8-11/h3-5,7-8H,6,9-10H2,1-2H3. The van der Waals surface area contributed by atoms with Gasteiger partial charge >= 0.3 is 0 Å². The molecule has 0 atom stereocenters. The molecule has 0 saturated heterocycles. The third-order valence-corrected chi connectivity index (χ3v) is 2.92. The van der Waals surface area contributed by atoms with E-state index < -0.39 is 0 Å². The average molecular weight is 187 g/mol. The molecule has 0 saturated carbocycles. The molecule has 1 heterocycles. The van der Waals surface area contributed by atoms with Crippen molar-refractivity contribution in [1.29, 1.82) is 0 Å². The lowest BCUT2D eigenvalue weighted by atomic mass is 9.78. The van der Waals surface area contributed by atoms with Crippen molar-refractivity contribution in [3.63, 3.8) is 0 Å². The topological polar surface area (TPSA) is 12.4 Å². The van der Waals surface area contributed by atoms with Crippen molar-refractivity contribution in [3.05, 3.63) is 35.9 Å². The van der Waals surface area contributed by atoms with Gasteiger partial charge in [-0.3, -0.25) is 4.99 Å². The number of aliphatic imine (C=N–C) groups is 1. The zero-order valence-electron chi connectivity index (χ0n) is 8.96. The summed E-state index contributed by atoms with van der Waals surface area (Å²) < 4.78 is 0. The predicted octanol–water partition coefficient (Wildman–Crippen LogP) is 3.30. The van der Waals surface area contributed by atoms with E-state index in [0.29, 0.717) is 0 Å². The Labute approximate surface area is 85.9 Å². The van der Waals surface area contributed by atoms with E-state index in [0.717, 1.165) is 6.54 Å². The monoisotopic (exact) mass is 187 g/mol. The Hall–Kier alpha value is -1.11. The molecular formula is C13H17N. The fourth-order valence-electron chi connectivity index (χ4n) is 2.12. The highest BCUT2D eigenvalue weighted by atomic mass is 14.8. The highest BCUT2D eigenvalue weighted by Crippen LogP contribution is 2.31. The van der Waals surface area contributed by atoms with Gasteiger partial charge in [-0.05, 0) is 18.4 Å². The molecule has 0 bridgehead atoms. The summed E-state index contributed by atoms with van der Waals surface area (Å²) >= 11 is 0. The van der Waals surface area contributed by atoms with Crippen LogP contribution in [-0.2, 0) is 0 Å². The fourth-order valence-corrected chi connectivity index (χ4v) is 2.12. The molecule has 0 fully saturated rings. The van der Waals surface area contributed by atoms with E-state index in [1.54, 1.807) is 0 Å². The van der Waals surface area contributed by atoms with Gasteiger partial charge in [0, 0.05) is 17.7 Å². The lowest BCUT2D eigenvalue weighted by Gasteiger charge is -2.30. The van der Waals surface area contributed by atoms with E-state index in [1.807, 2.05) is 0 Å². The summed E-state index contributed by atoms with van der Waals surface area (Å²) in [6.07, 6.45) is 2.48. The van der Waals surface area contributed by atoms with Gasteiger partial charge in [0.05, 0.1) is 0 Å². The molecule has 1 aromatic rings. The number of hydrogen-bond donors (Lipinski definition) is 0. The van der Waals surface area contributed by atoms with Gasteiger partial charge in [0.2, 0.25) is 0 Å². The zero-order chi connectivity index (χ0) is 10.0. The van der Waals surface area contributed by atoms with E-state index in [4.69, 9.17) is 0 Å². The Morgan fingerprint density at radius 2 is 1.86 bits per heavy atom. The van der Waals surface area contributed by atoms with Crippen LogP contribution in [0.3, 0.4) is 0 Å². The summed E-state index contributed by atoms with van der Waals surface area (Å²) in [6, 6.07) is 10.5. The number of hydrogen-bond acceptors (Lipinski definition) is 1. The summed E-state index contributed by atoms with van der Waals surface area (Å²) in [4.78, 5) is 4.67. The molecule has 1 heteroatoms. The van der Waals surface area contributed by atoms with Gasteiger partial charge in [0.25, 0.3) is 0 Å². The molecule has 14 heavy (non-hydrogen) atoms. The van der Waals surface area contributed by atoms with Crippen LogP contribution in [0.1, 0.15) is 32.3 Å². The molecule has 0 spiro atoms. The lowest BCUT2D eigenvalue weighted by Crippen LogP contribution is -2.29. The quantitative estimate of drug-likeness (QED) is 0.639. The van der Waals surface area contributed by atoms with Crippen LogP contribution in [0.4, 0.5) is 0 Å². The second kappa shape index (κ2) is 3.56. The summed E-state index contributed by atoms with van der Waals surface area (Å²) in [5, 5.41) is 0. The summed E-state index contributed by atoms with van der Waals surface area (Å²) in [5.74, 6) is 0. The van der Waals surface area contributed by atoms with Gasteiger partial charge < -0.3 is 0 Å². The Balaban J connectivity index is 2.38. The molecule has 1 aliphatic rings. The van der Waals surface area contributed by atoms with Gasteiger partial charge in [-0.1, -0.05) is 44.2 Å². The summed E-state index contributed by atoms with van der Waals surface area (Å²) in [5.41, 5.74) is 2.82. The molecule has 1 nitrogen and oxygen atoms in total. The SMILES string of the molecule is CC1(C)CCCN=C1c1ccccc1. The van der Waals surface area contributed by atoms with Crippen LogP contribution in [0, 0.1) is 5.41 Å². The number of rotatable bonds is 1. The first kappa shape index (κ1) is 9.45. The van der Waals surface area contributed by atoms with Crippen molar-refractivity contribution >= 4 is 5.71 Å². The number of nitrogens with zero attached hydrogens (tertiary/aromatic N) is 1. The molecule has 0 aromatic heterocycles. The van der Waals surface area contributed by atoms with Crippen molar-refractivity contribution in [2.75, 3.05) is 6.54 Å². The van der Waals surface area contributed by atoms with Crippen LogP contribution in [-0.4, -0.2) is 12.3 Å². The Morgan fingerprint density at radius 3 is 2.50 bits per heavy atom. The Morgan fingerprint density at radius 1 is 1.14 bits per heavy atom. The summed E-state index contributed by atoms with van der Waals surface area (Å²) in [7, 11) is 0. The first-order valence-electron chi connectivity index (χ1n) is 5.30. The first-order chi connectivity index (χ1) is 6.70. The van der Waals surface area contributed by atoms with Crippen molar-refractivity contribution in [2.24, 2.45) is 10.4 Å². The Bertz CT molecular complexity index is 336. The molecular weight excluding hydrogens is 170 g/mol. The van der Waals surface area contributed by atoms with E-state index in [1.165, 1.54) is 24.1 Å². The average Bonchev–Trinajstić information content (AvgIpc) is 2.18. The maximum absolute atomic E-state index is 4.67. The molecule has 1 aromatic carbocycles. The van der Waals surface area contributed by atoms with Crippen molar-refractivity contribution in [2.45, 2.75) is 26.7 Å². The van der Waals surface area contributed by atoms with Crippen LogP contribution < -0.4 is 0 Å². The minimum absolute atomic E-state index is 0.250. The van der Waals surface area contributed by atoms with Crippen LogP contribution in [0.25, 0.3) is 0 Å². The molecule has 0 radical (unpaired) electrons. The van der Waals surface area contributed by atoms with Crippen molar-refractivity contribution < 1.29 is 0 Å². The fraction of sp³-hybridized carbons (Fsp3) is 0.462. The van der Waals surface area contributed by atoms with E-state index >= 15 is 0 Å². The Kier molecular flexibility index (Phi) is 2.40. The first-order valence-corrected chi connectivity index (χ1v) is 5.30. The van der Waals surface area contributed by atoms with E-state index in [2.05, 4.69) is 49.2 Å². The molecule has 74 valence electrons. The summed E-state index contributed by atoms with van der Waals surface area (Å²) in [6.45, 7) is 5.57. The van der Waals surface area contributed by atoms with Crippen LogP contribution >= 0.6 is 0 Å². The zero-order valence-corrected chi connectivity index (χ0v) is 8.96. The number of benzene rings is 1. The molecule has 1 aliphatic heterocycles. The van der Waals surface area contributed by atoms with E-state index in [9.17, 15) is 0 Å². The third-order valence-electron chi connectivity index (χ3n) is 2.92. The van der Waals surface area contributed by atoms with Gasteiger partial charge in [-0.15, -0.1) is 0 Å². The maximum atomic E-state index is 4.67. The lowest BCUT2D eigenvalue weighted by molar-refractivity contribution is 0.440. The van der Waals surface area contributed by atoms with Gasteiger partial charge in [-0.25, -0.2) is 0 Å². The molecule has 2 rings (SSSR count). The molecule has 0 aliphatic carbocycles. The molecule has 0 amide bonds. The normalized spacial score (nSPS) is 20.3. The third kappa shape index (κ3) is 1.72. The van der Waals surface area contributed by atoms with Crippen LogP contribution in [0.5, 0.6) is 0 Å². The largest absolute Gasteiger partial charge is 0.289 e. The minimum Gasteiger partial charge on any atom is -0.289 e. The van der Waals surface area contributed by atoms with Gasteiger partial charge in [0.1, 0.15) is 0 Å². The predicted molar refractivity (Wildman–Crippen MR) is 60.9 cm³/mol. The smallest absolute Gasteiger partial charge is 0.0476 e. The second-order valence-corrected chi connectivity index (χ2v) is 4.58. The van der Waals surface area contributed by atoms with Gasteiger partial charge in [-0.2, -0.15) is 0 Å². The minimum atomic E-state index is 0.250.